The number of hydrogen-bond donors (Lipinski definition) is 3. The summed E-state index contributed by atoms with van der Waals surface area (Å²) < 4.78 is 0. The van der Waals surface area contributed by atoms with Crippen LogP contribution in [0.2, 0.25) is 0 Å². The summed E-state index contributed by atoms with van der Waals surface area (Å²) in [5.74, 6) is 0.172. The molecule has 6 heteroatoms. The lowest BCUT2D eigenvalue weighted by Gasteiger charge is -2.13. The molecule has 0 aromatic heterocycles. The van der Waals surface area contributed by atoms with Crippen LogP contribution in [0.5, 0.6) is 0 Å². The first-order chi connectivity index (χ1) is 7.82. The third-order valence-corrected chi connectivity index (χ3v) is 3.43. The lowest BCUT2D eigenvalue weighted by atomic mass is 10.2. The average Bonchev–Trinajstić information content (AvgIpc) is 2.22. The number of amides is 3. The summed E-state index contributed by atoms with van der Waals surface area (Å²) in [7, 11) is 0. The number of nitrogens with one attached hydrogen (secondary N) is 2. The maximum atomic E-state index is 11.4. The largest absolute Gasteiger partial charge is 0.392 e. The summed E-state index contributed by atoms with van der Waals surface area (Å²) in [6.07, 6.45) is -0.470. The number of carbonyl (C=O) groups excluding carboxylic acids is 2. The van der Waals surface area contributed by atoms with Crippen LogP contribution in [0, 0.1) is 5.92 Å². The highest BCUT2D eigenvalue weighted by Crippen LogP contribution is 2.13. The van der Waals surface area contributed by atoms with Crippen LogP contribution in [-0.4, -0.2) is 40.7 Å². The van der Waals surface area contributed by atoms with E-state index in [-0.39, 0.29) is 16.9 Å². The van der Waals surface area contributed by atoms with Crippen molar-refractivity contribution < 1.29 is 14.7 Å². The van der Waals surface area contributed by atoms with Gasteiger partial charge in [-0.25, -0.2) is 4.79 Å². The Bertz CT molecular complexity index is 257. The fraction of sp³-hybridized carbons (Fsp3) is 0.818. The molecule has 0 saturated heterocycles. The molecule has 17 heavy (non-hydrogen) atoms. The monoisotopic (exact) mass is 262 g/mol. The summed E-state index contributed by atoms with van der Waals surface area (Å²) in [5.41, 5.74) is 0. The molecule has 0 aliphatic carbocycles. The molecule has 0 spiro atoms. The fourth-order valence-corrected chi connectivity index (χ4v) is 1.62. The molecule has 3 amide bonds. The number of hydrogen-bond acceptors (Lipinski definition) is 4. The molecule has 5 nitrogen and oxygen atoms in total. The Morgan fingerprint density at radius 2 is 1.82 bits per heavy atom. The van der Waals surface area contributed by atoms with Gasteiger partial charge in [-0.15, -0.1) is 11.8 Å². The molecule has 0 aliphatic rings. The smallest absolute Gasteiger partial charge is 0.321 e. The first kappa shape index (κ1) is 16.2. The van der Waals surface area contributed by atoms with Crippen molar-refractivity contribution in [3.8, 4) is 0 Å². The van der Waals surface area contributed by atoms with Gasteiger partial charge in [0.25, 0.3) is 0 Å². The summed E-state index contributed by atoms with van der Waals surface area (Å²) >= 11 is 1.32. The maximum Gasteiger partial charge on any atom is 0.321 e. The Labute approximate surface area is 107 Å². The molecular formula is C11H22N2O3S. The lowest BCUT2D eigenvalue weighted by Crippen LogP contribution is -2.41. The lowest BCUT2D eigenvalue weighted by molar-refractivity contribution is -0.117. The summed E-state index contributed by atoms with van der Waals surface area (Å²) in [6.45, 7) is 7.99. The van der Waals surface area contributed by atoms with E-state index in [2.05, 4.69) is 10.6 Å². The number of aliphatic hydroxyl groups is 1. The summed E-state index contributed by atoms with van der Waals surface area (Å²) in [6, 6.07) is -0.464. The number of rotatable bonds is 6. The second-order valence-electron chi connectivity index (χ2n) is 4.41. The molecule has 0 fully saturated rings. The van der Waals surface area contributed by atoms with E-state index in [1.165, 1.54) is 11.8 Å². The molecule has 2 unspecified atom stereocenters. The standard InChI is InChI=1S/C11H22N2O3S/c1-7(2)5-12-11(16)13-10(15)6-17-9(4)8(3)14/h7-9,14H,5-6H2,1-4H3,(H2,12,13,15,16). The molecule has 2 atom stereocenters. The maximum absolute atomic E-state index is 11.4. The van der Waals surface area contributed by atoms with Gasteiger partial charge >= 0.3 is 6.03 Å². The normalized spacial score (nSPS) is 14.2. The summed E-state index contributed by atoms with van der Waals surface area (Å²) in [5, 5.41) is 14.0. The van der Waals surface area contributed by atoms with Gasteiger partial charge in [0, 0.05) is 11.8 Å². The first-order valence-electron chi connectivity index (χ1n) is 5.70. The minimum atomic E-state index is -0.470. The van der Waals surface area contributed by atoms with Crippen molar-refractivity contribution >= 4 is 23.7 Å². The van der Waals surface area contributed by atoms with Gasteiger partial charge in [-0.3, -0.25) is 10.1 Å². The summed E-state index contributed by atoms with van der Waals surface area (Å²) in [4.78, 5) is 22.6. The van der Waals surface area contributed by atoms with Crippen molar-refractivity contribution in [2.45, 2.75) is 39.0 Å². The van der Waals surface area contributed by atoms with Crippen LogP contribution in [0.25, 0.3) is 0 Å². The minimum absolute atomic E-state index is 0.0283. The van der Waals surface area contributed by atoms with Crippen molar-refractivity contribution in [2.24, 2.45) is 5.92 Å². The van der Waals surface area contributed by atoms with E-state index in [4.69, 9.17) is 0 Å². The highest BCUT2D eigenvalue weighted by molar-refractivity contribution is 8.00. The van der Waals surface area contributed by atoms with Gasteiger partial charge in [-0.1, -0.05) is 20.8 Å². The van der Waals surface area contributed by atoms with Gasteiger partial charge in [0.1, 0.15) is 0 Å². The predicted octanol–water partition coefficient (Wildman–Crippen LogP) is 0.971. The van der Waals surface area contributed by atoms with E-state index < -0.39 is 12.1 Å². The second kappa shape index (κ2) is 8.36. The number of aliphatic hydroxyl groups excluding tert-OH is 1. The van der Waals surface area contributed by atoms with Crippen LogP contribution in [0.15, 0.2) is 0 Å². The zero-order valence-electron chi connectivity index (χ0n) is 10.8. The van der Waals surface area contributed by atoms with Gasteiger partial charge in [0.2, 0.25) is 5.91 Å². The van der Waals surface area contributed by atoms with Gasteiger partial charge in [0.15, 0.2) is 0 Å². The molecular weight excluding hydrogens is 240 g/mol. The average molecular weight is 262 g/mol. The SMILES string of the molecule is CC(C)CNC(=O)NC(=O)CSC(C)C(C)O. The highest BCUT2D eigenvalue weighted by atomic mass is 32.2. The highest BCUT2D eigenvalue weighted by Gasteiger charge is 2.13. The van der Waals surface area contributed by atoms with Crippen molar-refractivity contribution in [3.63, 3.8) is 0 Å². The number of thioether (sulfide) groups is 1. The molecule has 0 aromatic rings. The Morgan fingerprint density at radius 3 is 2.29 bits per heavy atom. The Kier molecular flexibility index (Phi) is 7.99. The van der Waals surface area contributed by atoms with Crippen LogP contribution in [0.3, 0.4) is 0 Å². The van der Waals surface area contributed by atoms with Crippen molar-refractivity contribution in [2.75, 3.05) is 12.3 Å². The van der Waals surface area contributed by atoms with E-state index in [1.807, 2.05) is 20.8 Å². The molecule has 3 N–H and O–H groups in total. The van der Waals surface area contributed by atoms with Crippen LogP contribution >= 0.6 is 11.8 Å². The molecule has 0 aliphatic heterocycles. The van der Waals surface area contributed by atoms with Crippen LogP contribution in [0.1, 0.15) is 27.7 Å². The third kappa shape index (κ3) is 9.00. The first-order valence-corrected chi connectivity index (χ1v) is 6.75. The van der Waals surface area contributed by atoms with Gasteiger partial charge in [-0.2, -0.15) is 0 Å². The zero-order chi connectivity index (χ0) is 13.4. The fourth-order valence-electron chi connectivity index (χ4n) is 0.850. The molecule has 0 bridgehead atoms. The van der Waals surface area contributed by atoms with E-state index in [0.29, 0.717) is 12.5 Å². The van der Waals surface area contributed by atoms with Crippen LogP contribution in [0.4, 0.5) is 4.79 Å². The van der Waals surface area contributed by atoms with Gasteiger partial charge < -0.3 is 10.4 Å². The van der Waals surface area contributed by atoms with Gasteiger partial charge in [-0.05, 0) is 12.8 Å². The van der Waals surface area contributed by atoms with Crippen molar-refractivity contribution in [3.05, 3.63) is 0 Å². The van der Waals surface area contributed by atoms with E-state index in [1.54, 1.807) is 6.92 Å². The van der Waals surface area contributed by atoms with Crippen molar-refractivity contribution in [1.29, 1.82) is 0 Å². The zero-order valence-corrected chi connectivity index (χ0v) is 11.6. The predicted molar refractivity (Wildman–Crippen MR) is 70.0 cm³/mol. The molecule has 0 heterocycles. The Hall–Kier alpha value is -0.750. The molecule has 0 rings (SSSR count). The van der Waals surface area contributed by atoms with E-state index in [0.717, 1.165) is 0 Å². The Morgan fingerprint density at radius 1 is 1.24 bits per heavy atom. The number of carbonyl (C=O) groups is 2. The van der Waals surface area contributed by atoms with Crippen molar-refractivity contribution in [1.82, 2.24) is 10.6 Å². The third-order valence-electron chi connectivity index (χ3n) is 2.08. The quantitative estimate of drug-likeness (QED) is 0.666. The van der Waals surface area contributed by atoms with Crippen LogP contribution in [-0.2, 0) is 4.79 Å². The second-order valence-corrected chi connectivity index (χ2v) is 5.77. The topological polar surface area (TPSA) is 78.4 Å². The molecule has 100 valence electrons. The number of urea groups is 1. The van der Waals surface area contributed by atoms with Crippen LogP contribution < -0.4 is 10.6 Å². The van der Waals surface area contributed by atoms with E-state index >= 15 is 0 Å². The van der Waals surface area contributed by atoms with E-state index in [9.17, 15) is 14.7 Å². The molecule has 0 aromatic carbocycles. The molecule has 0 radical (unpaired) electrons. The van der Waals surface area contributed by atoms with Gasteiger partial charge in [0.05, 0.1) is 11.9 Å². The molecule has 0 saturated carbocycles. The number of imide groups is 1. The Balaban J connectivity index is 3.75. The minimum Gasteiger partial charge on any atom is -0.392 e.